The van der Waals surface area contributed by atoms with Crippen LogP contribution in [0.15, 0.2) is 206 Å². The second-order valence-corrected chi connectivity index (χ2v) is 15.9. The van der Waals surface area contributed by atoms with Crippen molar-refractivity contribution in [2.45, 2.75) is 19.8 Å². The summed E-state index contributed by atoms with van der Waals surface area (Å²) in [7, 11) is 0. The number of benzene rings is 7. The molecule has 2 aliphatic carbocycles. The van der Waals surface area contributed by atoms with Gasteiger partial charge in [0, 0.05) is 33.0 Å². The Balaban J connectivity index is 0.938. The van der Waals surface area contributed by atoms with Gasteiger partial charge in [-0.3, -0.25) is 0 Å². The van der Waals surface area contributed by atoms with Crippen LogP contribution in [0, 0.1) is 0 Å². The molecule has 7 aromatic carbocycles. The van der Waals surface area contributed by atoms with Gasteiger partial charge in [-0.15, -0.1) is 0 Å². The first-order valence-corrected chi connectivity index (χ1v) is 21.3. The number of fused-ring (bicyclic) bond motifs is 3. The number of hydrogen-bond acceptors (Lipinski definition) is 2. The molecule has 3 heteroatoms. The fourth-order valence-corrected chi connectivity index (χ4v) is 8.95. The largest absolute Gasteiger partial charge is 0.309 e. The zero-order chi connectivity index (χ0) is 41.4. The van der Waals surface area contributed by atoms with Crippen molar-refractivity contribution in [2.75, 3.05) is 0 Å². The molecule has 0 amide bonds. The lowest BCUT2D eigenvalue weighted by molar-refractivity contribution is 1.03. The van der Waals surface area contributed by atoms with Gasteiger partial charge in [-0.25, -0.2) is 9.97 Å². The minimum atomic E-state index is 0.717. The first kappa shape index (κ1) is 37.0. The van der Waals surface area contributed by atoms with Crippen LogP contribution >= 0.6 is 0 Å². The SMILES string of the molecule is C/C=C\c1c(-c2ccc(-c3ccc4cc(C5=c6ccccc6=C=C=C5)ccc4c3)cc2)c2ccccc2n1-c1ccc(-c2nc(C3=CCCC=C3)cc(-c3ccccc3)n2)cc1. The average Bonchev–Trinajstić information content (AvgIpc) is 3.67. The third-order valence-electron chi connectivity index (χ3n) is 12.0. The molecular weight excluding hydrogens is 751 g/mol. The standard InChI is InChI=1S/C59H41N3/c1-2-14-57-58(44-27-25-40(26-28-44)46-29-30-48-38-49(32-31-47(48)37-46)52-23-13-20-41-15-9-10-21-51(41)52)53-22-11-12-24-56(53)62(57)50-35-33-45(34-36-50)59-60-54(42-16-5-3-6-17-42)39-55(61-59)43-18-7-4-8-19-43/h2-3,5-7,9-12,14-19,21-39H,4,8H2,1H3/b14-2-. The highest BCUT2D eigenvalue weighted by molar-refractivity contribution is 6.02. The first-order chi connectivity index (χ1) is 30.7. The smallest absolute Gasteiger partial charge is 0.160 e. The molecule has 3 nitrogen and oxygen atoms in total. The molecule has 0 unspecified atom stereocenters. The maximum atomic E-state index is 5.11. The van der Waals surface area contributed by atoms with Gasteiger partial charge in [0.05, 0.1) is 22.6 Å². The van der Waals surface area contributed by atoms with E-state index in [1.807, 2.05) is 12.1 Å². The van der Waals surface area contributed by atoms with Gasteiger partial charge < -0.3 is 4.57 Å². The minimum absolute atomic E-state index is 0.717. The van der Waals surface area contributed by atoms with E-state index >= 15 is 0 Å². The molecular formula is C59H41N3. The van der Waals surface area contributed by atoms with Crippen molar-refractivity contribution in [2.24, 2.45) is 0 Å². The molecule has 0 saturated heterocycles. The van der Waals surface area contributed by atoms with Gasteiger partial charge >= 0.3 is 0 Å². The Morgan fingerprint density at radius 3 is 2.08 bits per heavy atom. The molecule has 2 aliphatic rings. The van der Waals surface area contributed by atoms with E-state index in [-0.39, 0.29) is 0 Å². The van der Waals surface area contributed by atoms with E-state index in [4.69, 9.17) is 9.97 Å². The molecule has 62 heavy (non-hydrogen) atoms. The van der Waals surface area contributed by atoms with Crippen LogP contribution in [0.3, 0.4) is 0 Å². The van der Waals surface area contributed by atoms with E-state index in [0.717, 1.165) is 63.0 Å². The molecule has 11 rings (SSSR count). The zero-order valence-electron chi connectivity index (χ0n) is 34.4. The summed E-state index contributed by atoms with van der Waals surface area (Å²) in [6, 6.07) is 60.9. The van der Waals surface area contributed by atoms with E-state index in [9.17, 15) is 0 Å². The highest BCUT2D eigenvalue weighted by Crippen LogP contribution is 2.39. The van der Waals surface area contributed by atoms with Gasteiger partial charge in [-0.1, -0.05) is 151 Å². The Labute approximate surface area is 361 Å². The van der Waals surface area contributed by atoms with E-state index in [0.29, 0.717) is 5.82 Å². The van der Waals surface area contributed by atoms with Crippen molar-refractivity contribution in [1.82, 2.24) is 14.5 Å². The molecule has 9 aromatic rings. The maximum Gasteiger partial charge on any atom is 0.160 e. The topological polar surface area (TPSA) is 30.7 Å². The Morgan fingerprint density at radius 1 is 0.581 bits per heavy atom. The molecule has 0 fully saturated rings. The van der Waals surface area contributed by atoms with Crippen LogP contribution in [-0.2, 0) is 0 Å². The number of aromatic nitrogens is 3. The summed E-state index contributed by atoms with van der Waals surface area (Å²) in [5.41, 5.74) is 22.0. The highest BCUT2D eigenvalue weighted by Gasteiger charge is 2.19. The van der Waals surface area contributed by atoms with Crippen molar-refractivity contribution in [1.29, 1.82) is 0 Å². The van der Waals surface area contributed by atoms with Gasteiger partial charge in [0.25, 0.3) is 0 Å². The number of hydrogen-bond donors (Lipinski definition) is 0. The number of rotatable bonds is 8. The van der Waals surface area contributed by atoms with Crippen molar-refractivity contribution in [3.63, 3.8) is 0 Å². The summed E-state index contributed by atoms with van der Waals surface area (Å²) in [5.74, 6) is 0.717. The quantitative estimate of drug-likeness (QED) is 0.144. The normalized spacial score (nSPS) is 13.2. The predicted molar refractivity (Wildman–Crippen MR) is 259 cm³/mol. The van der Waals surface area contributed by atoms with Crippen molar-refractivity contribution in [3.05, 3.63) is 233 Å². The van der Waals surface area contributed by atoms with Crippen LogP contribution in [0.5, 0.6) is 0 Å². The lowest BCUT2D eigenvalue weighted by Crippen LogP contribution is -2.26. The summed E-state index contributed by atoms with van der Waals surface area (Å²) < 4.78 is 2.37. The Kier molecular flexibility index (Phi) is 9.45. The second-order valence-electron chi connectivity index (χ2n) is 15.9. The van der Waals surface area contributed by atoms with Gasteiger partial charge in [0.2, 0.25) is 0 Å². The third kappa shape index (κ3) is 6.79. The fourth-order valence-electron chi connectivity index (χ4n) is 8.95. The van der Waals surface area contributed by atoms with Crippen molar-refractivity contribution >= 4 is 44.6 Å². The summed E-state index contributed by atoms with van der Waals surface area (Å²) >= 11 is 0. The van der Waals surface area contributed by atoms with E-state index < -0.39 is 0 Å². The van der Waals surface area contributed by atoms with Gasteiger partial charge in [-0.2, -0.15) is 0 Å². The molecule has 0 bridgehead atoms. The Hall–Kier alpha value is -8.06. The number of nitrogens with zero attached hydrogens (tertiary/aromatic N) is 3. The first-order valence-electron chi connectivity index (χ1n) is 21.3. The van der Waals surface area contributed by atoms with Gasteiger partial charge in [0.15, 0.2) is 5.82 Å². The molecule has 0 atom stereocenters. The lowest BCUT2D eigenvalue weighted by atomic mass is 9.94. The molecule has 0 spiro atoms. The Morgan fingerprint density at radius 2 is 1.27 bits per heavy atom. The molecule has 292 valence electrons. The van der Waals surface area contributed by atoms with Crippen LogP contribution in [0.2, 0.25) is 0 Å². The molecule has 2 aromatic heterocycles. The summed E-state index contributed by atoms with van der Waals surface area (Å²) in [6.07, 6.45) is 15.2. The van der Waals surface area contributed by atoms with Crippen molar-refractivity contribution in [3.8, 4) is 50.6 Å². The number of para-hydroxylation sites is 1. The van der Waals surface area contributed by atoms with E-state index in [1.165, 1.54) is 54.8 Å². The third-order valence-corrected chi connectivity index (χ3v) is 12.0. The summed E-state index contributed by atoms with van der Waals surface area (Å²) in [5, 5.41) is 5.90. The second kappa shape index (κ2) is 15.8. The Bertz CT molecular complexity index is 3510. The van der Waals surface area contributed by atoms with Crippen LogP contribution in [0.1, 0.15) is 36.7 Å². The predicted octanol–water partition coefficient (Wildman–Crippen LogP) is 13.3. The van der Waals surface area contributed by atoms with Crippen LogP contribution in [0.4, 0.5) is 0 Å². The maximum absolute atomic E-state index is 5.11. The van der Waals surface area contributed by atoms with Gasteiger partial charge in [-0.05, 0) is 136 Å². The van der Waals surface area contributed by atoms with Crippen LogP contribution in [-0.4, -0.2) is 14.5 Å². The molecule has 0 aliphatic heterocycles. The molecule has 0 saturated carbocycles. The molecule has 0 N–H and O–H groups in total. The molecule has 2 heterocycles. The fraction of sp³-hybridized carbons (Fsp3) is 0.0508. The highest BCUT2D eigenvalue weighted by atomic mass is 15.0. The van der Waals surface area contributed by atoms with Crippen LogP contribution < -0.4 is 10.4 Å². The summed E-state index contributed by atoms with van der Waals surface area (Å²) in [6.45, 7) is 2.09. The van der Waals surface area contributed by atoms with Crippen molar-refractivity contribution < 1.29 is 0 Å². The van der Waals surface area contributed by atoms with Crippen LogP contribution in [0.25, 0.3) is 95.2 Å². The lowest BCUT2D eigenvalue weighted by Gasteiger charge is -2.13. The summed E-state index contributed by atoms with van der Waals surface area (Å²) in [4.78, 5) is 10.2. The zero-order valence-corrected chi connectivity index (χ0v) is 34.4. The minimum Gasteiger partial charge on any atom is -0.309 e. The average molecular weight is 792 g/mol. The molecule has 0 radical (unpaired) electrons. The van der Waals surface area contributed by atoms with E-state index in [1.54, 1.807) is 0 Å². The van der Waals surface area contributed by atoms with E-state index in [2.05, 4.69) is 217 Å². The number of allylic oxidation sites excluding steroid dienone is 6. The van der Waals surface area contributed by atoms with Gasteiger partial charge in [0.1, 0.15) is 0 Å². The monoisotopic (exact) mass is 791 g/mol.